The van der Waals surface area contributed by atoms with Crippen LogP contribution in [0.5, 0.6) is 0 Å². The molecule has 0 saturated heterocycles. The van der Waals surface area contributed by atoms with Crippen molar-refractivity contribution in [2.45, 2.75) is 6.54 Å². The van der Waals surface area contributed by atoms with E-state index in [4.69, 9.17) is 21.8 Å². The first-order valence-corrected chi connectivity index (χ1v) is 4.73. The van der Waals surface area contributed by atoms with E-state index in [2.05, 4.69) is 0 Å². The van der Waals surface area contributed by atoms with Crippen LogP contribution in [0.2, 0.25) is 5.22 Å². The molecule has 0 atom stereocenters. The predicted molar refractivity (Wildman–Crippen MR) is 57.0 cm³/mol. The lowest BCUT2D eigenvalue weighted by Crippen LogP contribution is -1.95. The Hall–Kier alpha value is -1.25. The summed E-state index contributed by atoms with van der Waals surface area (Å²) in [6.07, 6.45) is 0. The zero-order valence-corrected chi connectivity index (χ0v) is 8.29. The molecule has 0 aliphatic rings. The Bertz CT molecular complexity index is 422. The van der Waals surface area contributed by atoms with Gasteiger partial charge in [0.2, 0.25) is 0 Å². The highest BCUT2D eigenvalue weighted by Crippen LogP contribution is 2.29. The maximum absolute atomic E-state index is 5.77. The van der Waals surface area contributed by atoms with Gasteiger partial charge in [0.25, 0.3) is 0 Å². The molecule has 0 amide bonds. The van der Waals surface area contributed by atoms with Crippen LogP contribution in [0, 0.1) is 0 Å². The highest BCUT2D eigenvalue weighted by Gasteiger charge is 2.09. The van der Waals surface area contributed by atoms with Gasteiger partial charge in [-0.3, -0.25) is 0 Å². The number of halogens is 1. The Balaban J connectivity index is 2.51. The molecule has 0 fully saturated rings. The van der Waals surface area contributed by atoms with Gasteiger partial charge in [-0.1, -0.05) is 30.3 Å². The second-order valence-electron chi connectivity index (χ2n) is 2.98. The van der Waals surface area contributed by atoms with Gasteiger partial charge >= 0.3 is 0 Å². The van der Waals surface area contributed by atoms with E-state index >= 15 is 0 Å². The van der Waals surface area contributed by atoms with E-state index in [1.807, 2.05) is 30.3 Å². The molecule has 2 nitrogen and oxygen atoms in total. The molecule has 14 heavy (non-hydrogen) atoms. The van der Waals surface area contributed by atoms with E-state index < -0.39 is 0 Å². The molecule has 1 aromatic carbocycles. The van der Waals surface area contributed by atoms with Gasteiger partial charge in [-0.15, -0.1) is 0 Å². The van der Waals surface area contributed by atoms with Gasteiger partial charge in [-0.25, -0.2) is 0 Å². The fourth-order valence-corrected chi connectivity index (χ4v) is 1.59. The topological polar surface area (TPSA) is 39.2 Å². The summed E-state index contributed by atoms with van der Waals surface area (Å²) in [5, 5.41) is 0.379. The smallest absolute Gasteiger partial charge is 0.194 e. The lowest BCUT2D eigenvalue weighted by atomic mass is 10.1. The van der Waals surface area contributed by atoms with E-state index in [-0.39, 0.29) is 0 Å². The first-order chi connectivity index (χ1) is 6.81. The lowest BCUT2D eigenvalue weighted by Gasteiger charge is -1.98. The molecule has 2 rings (SSSR count). The van der Waals surface area contributed by atoms with Crippen molar-refractivity contribution >= 4 is 11.6 Å². The molecule has 0 unspecified atom stereocenters. The van der Waals surface area contributed by atoms with Crippen LogP contribution in [0.1, 0.15) is 5.56 Å². The summed E-state index contributed by atoms with van der Waals surface area (Å²) in [6.45, 7) is 0.431. The van der Waals surface area contributed by atoms with Gasteiger partial charge in [0, 0.05) is 23.7 Å². The molecule has 2 aromatic rings. The molecular formula is C11H10ClNO. The lowest BCUT2D eigenvalue weighted by molar-refractivity contribution is 0.581. The largest absolute Gasteiger partial charge is 0.444 e. The molecule has 0 bridgehead atoms. The third-order valence-corrected chi connectivity index (χ3v) is 2.22. The van der Waals surface area contributed by atoms with Crippen LogP contribution in [-0.4, -0.2) is 0 Å². The van der Waals surface area contributed by atoms with Gasteiger partial charge in [0.1, 0.15) is 5.76 Å². The molecule has 0 radical (unpaired) electrons. The summed E-state index contributed by atoms with van der Waals surface area (Å²) in [5.41, 5.74) is 7.51. The summed E-state index contributed by atoms with van der Waals surface area (Å²) in [4.78, 5) is 0. The molecule has 0 aliphatic heterocycles. The average Bonchev–Trinajstić information content (AvgIpc) is 2.61. The number of hydrogen-bond donors (Lipinski definition) is 1. The van der Waals surface area contributed by atoms with Crippen molar-refractivity contribution in [1.82, 2.24) is 0 Å². The van der Waals surface area contributed by atoms with Crippen molar-refractivity contribution in [3.05, 3.63) is 47.2 Å². The number of benzene rings is 1. The Morgan fingerprint density at radius 2 is 1.93 bits per heavy atom. The summed E-state index contributed by atoms with van der Waals surface area (Å²) >= 11 is 5.77. The first kappa shape index (κ1) is 9.31. The molecule has 1 heterocycles. The predicted octanol–water partition coefficient (Wildman–Crippen LogP) is 3.06. The van der Waals surface area contributed by atoms with Crippen molar-refractivity contribution < 1.29 is 4.42 Å². The van der Waals surface area contributed by atoms with Crippen molar-refractivity contribution in [1.29, 1.82) is 0 Å². The minimum Gasteiger partial charge on any atom is -0.444 e. The van der Waals surface area contributed by atoms with Crippen LogP contribution in [-0.2, 0) is 6.54 Å². The first-order valence-electron chi connectivity index (χ1n) is 4.35. The van der Waals surface area contributed by atoms with Crippen LogP contribution in [0.3, 0.4) is 0 Å². The standard InChI is InChI=1S/C11H10ClNO/c12-10-6-9(7-13)11(14-10)8-4-2-1-3-5-8/h1-6H,7,13H2. The molecule has 1 aromatic heterocycles. The Morgan fingerprint density at radius 1 is 1.21 bits per heavy atom. The van der Waals surface area contributed by atoms with Gasteiger partial charge < -0.3 is 10.2 Å². The summed E-state index contributed by atoms with van der Waals surface area (Å²) in [5.74, 6) is 0.762. The monoisotopic (exact) mass is 207 g/mol. The quantitative estimate of drug-likeness (QED) is 0.822. The Labute approximate surface area is 87.3 Å². The second-order valence-corrected chi connectivity index (χ2v) is 3.35. The number of nitrogens with two attached hydrogens (primary N) is 1. The molecule has 0 aliphatic carbocycles. The molecule has 2 N–H and O–H groups in total. The summed E-state index contributed by atoms with van der Waals surface area (Å²) in [7, 11) is 0. The number of rotatable bonds is 2. The minimum atomic E-state index is 0.379. The van der Waals surface area contributed by atoms with Crippen LogP contribution in [0.15, 0.2) is 40.8 Å². The van der Waals surface area contributed by atoms with Crippen LogP contribution in [0.25, 0.3) is 11.3 Å². The normalized spacial score (nSPS) is 10.4. The van der Waals surface area contributed by atoms with Crippen LogP contribution < -0.4 is 5.73 Å². The van der Waals surface area contributed by atoms with Crippen LogP contribution >= 0.6 is 11.6 Å². The zero-order valence-electron chi connectivity index (χ0n) is 7.53. The summed E-state index contributed by atoms with van der Waals surface area (Å²) in [6, 6.07) is 11.5. The molecule has 0 saturated carbocycles. The highest BCUT2D eigenvalue weighted by atomic mass is 35.5. The maximum Gasteiger partial charge on any atom is 0.194 e. The van der Waals surface area contributed by atoms with Crippen molar-refractivity contribution in [3.63, 3.8) is 0 Å². The molecule has 0 spiro atoms. The van der Waals surface area contributed by atoms with E-state index in [9.17, 15) is 0 Å². The Morgan fingerprint density at radius 3 is 2.57 bits per heavy atom. The molecule has 72 valence electrons. The van der Waals surface area contributed by atoms with Gasteiger partial charge in [-0.05, 0) is 11.6 Å². The maximum atomic E-state index is 5.77. The van der Waals surface area contributed by atoms with Gasteiger partial charge in [0.05, 0.1) is 0 Å². The number of hydrogen-bond acceptors (Lipinski definition) is 2. The fourth-order valence-electron chi connectivity index (χ4n) is 1.38. The van der Waals surface area contributed by atoms with E-state index in [1.54, 1.807) is 6.07 Å². The SMILES string of the molecule is NCc1cc(Cl)oc1-c1ccccc1. The van der Waals surface area contributed by atoms with Gasteiger partial charge in [-0.2, -0.15) is 0 Å². The number of furan rings is 1. The third-order valence-electron chi connectivity index (χ3n) is 2.03. The van der Waals surface area contributed by atoms with Crippen molar-refractivity contribution in [2.75, 3.05) is 0 Å². The van der Waals surface area contributed by atoms with E-state index in [0.717, 1.165) is 16.9 Å². The summed E-state index contributed by atoms with van der Waals surface area (Å²) < 4.78 is 5.38. The van der Waals surface area contributed by atoms with Crippen molar-refractivity contribution in [2.24, 2.45) is 5.73 Å². The average molecular weight is 208 g/mol. The minimum absolute atomic E-state index is 0.379. The second kappa shape index (κ2) is 3.86. The van der Waals surface area contributed by atoms with E-state index in [0.29, 0.717) is 11.8 Å². The molecule has 3 heteroatoms. The van der Waals surface area contributed by atoms with Crippen molar-refractivity contribution in [3.8, 4) is 11.3 Å². The van der Waals surface area contributed by atoms with Crippen LogP contribution in [0.4, 0.5) is 0 Å². The highest BCUT2D eigenvalue weighted by molar-refractivity contribution is 6.29. The fraction of sp³-hybridized carbons (Fsp3) is 0.0909. The Kier molecular flexibility index (Phi) is 2.57. The zero-order chi connectivity index (χ0) is 9.97. The van der Waals surface area contributed by atoms with E-state index in [1.165, 1.54) is 0 Å². The molecular weight excluding hydrogens is 198 g/mol. The van der Waals surface area contributed by atoms with Gasteiger partial charge in [0.15, 0.2) is 5.22 Å². The third kappa shape index (κ3) is 1.67.